The maximum absolute atomic E-state index is 12.1. The number of allylic oxidation sites excluding steroid dienone is 1. The van der Waals surface area contributed by atoms with Crippen molar-refractivity contribution in [3.05, 3.63) is 42.5 Å². The number of nitrogens with zero attached hydrogens (tertiary/aromatic N) is 3. The van der Waals surface area contributed by atoms with Crippen molar-refractivity contribution < 1.29 is 31.7 Å². The standard InChI is InChI=1S/C29H42N8O7S2/c1-29(2,3)43-28(38)36-17-19(18-36)41-12-7-13-42-25-15-20(45-44-31)14-22(30)26(25)34-10-5-6-11-37-24-9-8-21(46(32,39)40)16-23(24)35-27(37)33-4/h5-6,8-9,14-16,19,34H,7,10-13,17-18,30-31H2,1-4H3,(H,33,35)(H2,32,39,40)/b6-5+. The van der Waals surface area contributed by atoms with Crippen LogP contribution in [0.3, 0.4) is 0 Å². The molecule has 0 saturated carbocycles. The van der Waals surface area contributed by atoms with Gasteiger partial charge >= 0.3 is 6.09 Å². The fourth-order valence-electron chi connectivity index (χ4n) is 4.61. The lowest BCUT2D eigenvalue weighted by Crippen LogP contribution is -2.56. The molecule has 0 unspecified atom stereocenters. The van der Waals surface area contributed by atoms with E-state index in [4.69, 9.17) is 35.3 Å². The number of amides is 1. The molecule has 0 bridgehead atoms. The van der Waals surface area contributed by atoms with Crippen molar-refractivity contribution in [1.29, 1.82) is 0 Å². The van der Waals surface area contributed by atoms with Gasteiger partial charge in [0.15, 0.2) is 0 Å². The average molecular weight is 679 g/mol. The number of anilines is 3. The van der Waals surface area contributed by atoms with Crippen LogP contribution >= 0.6 is 12.0 Å². The van der Waals surface area contributed by atoms with Gasteiger partial charge in [0.1, 0.15) is 17.0 Å². The predicted octanol–water partition coefficient (Wildman–Crippen LogP) is 3.28. The first kappa shape index (κ1) is 35.1. The highest BCUT2D eigenvalue weighted by Crippen LogP contribution is 2.36. The lowest BCUT2D eigenvalue weighted by Gasteiger charge is -2.39. The minimum absolute atomic E-state index is 0.00243. The summed E-state index contributed by atoms with van der Waals surface area (Å²) in [6.45, 7) is 8.27. The van der Waals surface area contributed by atoms with Crippen molar-refractivity contribution in [2.75, 3.05) is 56.3 Å². The number of imidazole rings is 1. The molecule has 0 atom stereocenters. The Balaban J connectivity index is 1.30. The highest BCUT2D eigenvalue weighted by Gasteiger charge is 2.34. The number of primary sulfonamides is 1. The van der Waals surface area contributed by atoms with Gasteiger partial charge in [-0.1, -0.05) is 12.2 Å². The van der Waals surface area contributed by atoms with E-state index in [0.717, 1.165) is 17.6 Å². The number of carbonyl (C=O) groups is 1. The molecule has 252 valence electrons. The zero-order valence-corrected chi connectivity index (χ0v) is 27.9. The van der Waals surface area contributed by atoms with Crippen LogP contribution in [0.4, 0.5) is 22.1 Å². The number of nitrogens with two attached hydrogens (primary N) is 3. The second-order valence-electron chi connectivity index (χ2n) is 11.5. The molecule has 46 heavy (non-hydrogen) atoms. The van der Waals surface area contributed by atoms with Crippen molar-refractivity contribution >= 4 is 56.5 Å². The molecule has 1 fully saturated rings. The fraction of sp³-hybridized carbons (Fsp3) is 0.448. The zero-order valence-electron chi connectivity index (χ0n) is 26.3. The van der Waals surface area contributed by atoms with Crippen molar-refractivity contribution in [1.82, 2.24) is 14.5 Å². The molecule has 1 aliphatic heterocycles. The van der Waals surface area contributed by atoms with Crippen LogP contribution in [0.15, 0.2) is 52.3 Å². The van der Waals surface area contributed by atoms with Crippen LogP contribution in [-0.2, 0) is 30.3 Å². The summed E-state index contributed by atoms with van der Waals surface area (Å²) in [5.41, 5.74) is 8.16. The molecule has 0 radical (unpaired) electrons. The van der Waals surface area contributed by atoms with E-state index in [1.54, 1.807) is 30.1 Å². The Kier molecular flexibility index (Phi) is 11.6. The Bertz CT molecular complexity index is 1650. The Morgan fingerprint density at radius 3 is 2.61 bits per heavy atom. The number of fused-ring (bicyclic) bond motifs is 1. The van der Waals surface area contributed by atoms with E-state index in [1.807, 2.05) is 37.5 Å². The van der Waals surface area contributed by atoms with Crippen LogP contribution in [0.25, 0.3) is 11.0 Å². The summed E-state index contributed by atoms with van der Waals surface area (Å²) in [6.07, 6.45) is 4.15. The number of likely N-dealkylation sites (tertiary alicyclic amines) is 1. The molecule has 0 aliphatic carbocycles. The third-order valence-corrected chi connectivity index (χ3v) is 8.21. The molecule has 1 aromatic heterocycles. The van der Waals surface area contributed by atoms with Crippen LogP contribution in [0.2, 0.25) is 0 Å². The third-order valence-electron chi connectivity index (χ3n) is 6.77. The molecule has 1 aliphatic rings. The van der Waals surface area contributed by atoms with Crippen LogP contribution in [-0.4, -0.2) is 80.6 Å². The number of ether oxygens (including phenoxy) is 3. The normalized spacial score (nSPS) is 14.1. The Hall–Kier alpha value is -3.74. The summed E-state index contributed by atoms with van der Waals surface area (Å²) in [5.74, 6) is 6.36. The van der Waals surface area contributed by atoms with Crippen molar-refractivity contribution in [3.8, 4) is 5.75 Å². The second kappa shape index (κ2) is 15.2. The van der Waals surface area contributed by atoms with Gasteiger partial charge in [0.2, 0.25) is 16.0 Å². The lowest BCUT2D eigenvalue weighted by molar-refractivity contribution is -0.0647. The Morgan fingerprint density at radius 2 is 1.93 bits per heavy atom. The van der Waals surface area contributed by atoms with E-state index >= 15 is 0 Å². The number of rotatable bonds is 15. The SMILES string of the molecule is CNc1nc2cc(S(N)(=O)=O)ccc2n1C/C=C/CNc1c(N)cc(SON)cc1OCCCOC1CN(C(=O)OC(C)(C)C)C1. The van der Waals surface area contributed by atoms with Crippen molar-refractivity contribution in [3.63, 3.8) is 0 Å². The van der Waals surface area contributed by atoms with Crippen LogP contribution in [0.5, 0.6) is 5.75 Å². The van der Waals surface area contributed by atoms with E-state index in [-0.39, 0.29) is 17.1 Å². The second-order valence-corrected chi connectivity index (χ2v) is 13.9. The van der Waals surface area contributed by atoms with E-state index in [0.29, 0.717) is 79.3 Å². The quantitative estimate of drug-likeness (QED) is 0.0514. The minimum Gasteiger partial charge on any atom is -0.491 e. The molecule has 8 N–H and O–H groups in total. The molecule has 15 nitrogen and oxygen atoms in total. The van der Waals surface area contributed by atoms with Crippen LogP contribution in [0.1, 0.15) is 27.2 Å². The average Bonchev–Trinajstić information content (AvgIpc) is 3.30. The first-order valence-corrected chi connectivity index (χ1v) is 16.9. The molecule has 17 heteroatoms. The van der Waals surface area contributed by atoms with Gasteiger partial charge in [-0.3, -0.25) is 0 Å². The molecular formula is C29H42N8O7S2. The Labute approximate surface area is 272 Å². The van der Waals surface area contributed by atoms with E-state index in [9.17, 15) is 13.2 Å². The number of nitrogens with one attached hydrogen (secondary N) is 2. The molecule has 3 aromatic rings. The highest BCUT2D eigenvalue weighted by molar-refractivity contribution is 7.94. The summed E-state index contributed by atoms with van der Waals surface area (Å²) < 4.78 is 47.4. The maximum atomic E-state index is 12.1. The summed E-state index contributed by atoms with van der Waals surface area (Å²) in [7, 11) is -2.10. The van der Waals surface area contributed by atoms with Gasteiger partial charge in [0, 0.05) is 31.5 Å². The van der Waals surface area contributed by atoms with E-state index < -0.39 is 15.6 Å². The number of hydrogen-bond acceptors (Lipinski definition) is 13. The molecule has 2 heterocycles. The molecule has 1 saturated heterocycles. The minimum atomic E-state index is -3.84. The maximum Gasteiger partial charge on any atom is 0.410 e. The molecule has 0 spiro atoms. The number of aromatic nitrogens is 2. The highest BCUT2D eigenvalue weighted by atomic mass is 32.2. The van der Waals surface area contributed by atoms with Gasteiger partial charge in [0.05, 0.1) is 66.1 Å². The first-order valence-electron chi connectivity index (χ1n) is 14.6. The van der Waals surface area contributed by atoms with Gasteiger partial charge in [-0.15, -0.1) is 0 Å². The summed E-state index contributed by atoms with van der Waals surface area (Å²) in [5, 5.41) is 11.6. The topological polar surface area (TPSA) is 211 Å². The monoisotopic (exact) mass is 678 g/mol. The van der Waals surface area contributed by atoms with Gasteiger partial charge < -0.3 is 40.0 Å². The number of sulfonamides is 1. The van der Waals surface area contributed by atoms with Crippen LogP contribution in [0, 0.1) is 0 Å². The number of carbonyl (C=O) groups excluding carboxylic acids is 1. The number of benzene rings is 2. The molecular weight excluding hydrogens is 637 g/mol. The first-order chi connectivity index (χ1) is 21.8. The van der Waals surface area contributed by atoms with Gasteiger partial charge in [0.25, 0.3) is 0 Å². The van der Waals surface area contributed by atoms with Gasteiger partial charge in [-0.2, -0.15) is 0 Å². The Morgan fingerprint density at radius 1 is 1.17 bits per heavy atom. The molecule has 4 rings (SSSR count). The summed E-state index contributed by atoms with van der Waals surface area (Å²) >= 11 is 0.967. The van der Waals surface area contributed by atoms with Gasteiger partial charge in [-0.25, -0.2) is 33.5 Å². The zero-order chi connectivity index (χ0) is 33.5. The van der Waals surface area contributed by atoms with Crippen molar-refractivity contribution in [2.45, 2.75) is 55.2 Å². The number of hydrogen-bond donors (Lipinski definition) is 5. The predicted molar refractivity (Wildman–Crippen MR) is 178 cm³/mol. The largest absolute Gasteiger partial charge is 0.491 e. The summed E-state index contributed by atoms with van der Waals surface area (Å²) in [4.78, 5) is 18.9. The van der Waals surface area contributed by atoms with Gasteiger partial charge in [-0.05, 0) is 51.1 Å². The smallest absolute Gasteiger partial charge is 0.410 e. The lowest BCUT2D eigenvalue weighted by atomic mass is 10.2. The van der Waals surface area contributed by atoms with Crippen molar-refractivity contribution in [2.24, 2.45) is 11.0 Å². The third kappa shape index (κ3) is 9.40. The van der Waals surface area contributed by atoms with E-state index in [1.165, 1.54) is 12.1 Å². The molecule has 1 amide bonds. The fourth-order valence-corrected chi connectivity index (χ4v) is 5.59. The summed E-state index contributed by atoms with van der Waals surface area (Å²) in [6, 6.07) is 8.12. The number of nitrogen functional groups attached to an aromatic ring is 1. The van der Waals surface area contributed by atoms with Crippen LogP contribution < -0.4 is 32.1 Å². The van der Waals surface area contributed by atoms with E-state index in [2.05, 4.69) is 15.6 Å². The molecule has 2 aromatic carbocycles.